The summed E-state index contributed by atoms with van der Waals surface area (Å²) < 4.78 is 54.3. The number of hydrogen-bond donors (Lipinski definition) is 3. The topological polar surface area (TPSA) is 139 Å². The Bertz CT molecular complexity index is 928. The van der Waals surface area contributed by atoms with Gasteiger partial charge in [0.1, 0.15) is 0 Å². The molecule has 1 unspecified atom stereocenters. The van der Waals surface area contributed by atoms with Crippen molar-refractivity contribution in [2.24, 2.45) is 11.7 Å². The van der Waals surface area contributed by atoms with Gasteiger partial charge in [0, 0.05) is 19.1 Å². The summed E-state index contributed by atoms with van der Waals surface area (Å²) in [6, 6.07) is 5.19. The molecular weight excluding hydrogens is 416 g/mol. The molecule has 9 nitrogen and oxygen atoms in total. The van der Waals surface area contributed by atoms with E-state index in [0.717, 1.165) is 32.2 Å². The van der Waals surface area contributed by atoms with E-state index in [4.69, 9.17) is 5.73 Å². The van der Waals surface area contributed by atoms with Crippen molar-refractivity contribution in [3.8, 4) is 0 Å². The summed E-state index contributed by atoms with van der Waals surface area (Å²) in [5.41, 5.74) is 5.37. The summed E-state index contributed by atoms with van der Waals surface area (Å²) in [6.07, 6.45) is 3.97. The van der Waals surface area contributed by atoms with Crippen molar-refractivity contribution in [2.75, 3.05) is 26.2 Å². The first-order chi connectivity index (χ1) is 13.7. The summed E-state index contributed by atoms with van der Waals surface area (Å²) in [7, 11) is -7.33. The molecule has 11 heteroatoms. The first-order valence-corrected chi connectivity index (χ1v) is 12.8. The van der Waals surface area contributed by atoms with Crippen molar-refractivity contribution in [2.45, 2.75) is 47.9 Å². The molecule has 2 fully saturated rings. The van der Waals surface area contributed by atoms with Crippen LogP contribution in [-0.2, 0) is 24.8 Å². The van der Waals surface area contributed by atoms with Crippen molar-refractivity contribution in [1.29, 1.82) is 0 Å². The van der Waals surface area contributed by atoms with Crippen LogP contribution < -0.4 is 15.2 Å². The fraction of sp³-hybridized carbons (Fsp3) is 0.611. The van der Waals surface area contributed by atoms with Crippen LogP contribution >= 0.6 is 0 Å². The van der Waals surface area contributed by atoms with Crippen LogP contribution in [0.3, 0.4) is 0 Å². The van der Waals surface area contributed by atoms with Gasteiger partial charge in [0.2, 0.25) is 26.0 Å². The zero-order chi connectivity index (χ0) is 21.1. The van der Waals surface area contributed by atoms with Crippen LogP contribution in [0.1, 0.15) is 32.1 Å². The standard InChI is InChI=1S/C18H28N4O5S2/c19-18(23)14-3-1-11-22(13-14)12-2-10-20-28(24,25)16-6-8-17(9-7-16)29(26,27)21-15-4-5-15/h6-9,14-15,20-21H,1-5,10-13H2,(H2,19,23). The molecule has 1 aromatic carbocycles. The maximum Gasteiger partial charge on any atom is 0.240 e. The monoisotopic (exact) mass is 444 g/mol. The Morgan fingerprint density at radius 1 is 1.03 bits per heavy atom. The van der Waals surface area contributed by atoms with Gasteiger partial charge < -0.3 is 10.6 Å². The van der Waals surface area contributed by atoms with Crippen LogP contribution in [0.15, 0.2) is 34.1 Å². The molecule has 3 rings (SSSR count). The van der Waals surface area contributed by atoms with Crippen LogP contribution in [0.25, 0.3) is 0 Å². The molecule has 1 saturated carbocycles. The molecule has 1 saturated heterocycles. The number of hydrogen-bond acceptors (Lipinski definition) is 6. The molecule has 0 spiro atoms. The zero-order valence-corrected chi connectivity index (χ0v) is 17.8. The van der Waals surface area contributed by atoms with Crippen molar-refractivity contribution in [3.05, 3.63) is 24.3 Å². The van der Waals surface area contributed by atoms with Gasteiger partial charge in [-0.1, -0.05) is 0 Å². The summed E-state index contributed by atoms with van der Waals surface area (Å²) in [5.74, 6) is -0.419. The third-order valence-electron chi connectivity index (χ3n) is 5.19. The van der Waals surface area contributed by atoms with Gasteiger partial charge in [-0.3, -0.25) is 4.79 Å². The number of nitrogens with one attached hydrogen (secondary N) is 2. The van der Waals surface area contributed by atoms with Crippen LogP contribution in [0, 0.1) is 5.92 Å². The Kier molecular flexibility index (Phi) is 6.94. The Balaban J connectivity index is 1.48. The molecule has 4 N–H and O–H groups in total. The number of nitrogens with two attached hydrogens (primary N) is 1. The van der Waals surface area contributed by atoms with E-state index < -0.39 is 20.0 Å². The number of benzene rings is 1. The molecule has 0 radical (unpaired) electrons. The van der Waals surface area contributed by atoms with Gasteiger partial charge in [0.15, 0.2) is 0 Å². The minimum Gasteiger partial charge on any atom is -0.369 e. The number of sulfonamides is 2. The first kappa shape index (κ1) is 22.2. The predicted molar refractivity (Wildman–Crippen MR) is 108 cm³/mol. The Labute approximate surface area is 172 Å². The maximum absolute atomic E-state index is 12.4. The van der Waals surface area contributed by atoms with Crippen molar-refractivity contribution >= 4 is 26.0 Å². The smallest absolute Gasteiger partial charge is 0.240 e. The second-order valence-electron chi connectivity index (χ2n) is 7.66. The molecule has 2 aliphatic rings. The molecule has 0 bridgehead atoms. The number of primary amides is 1. The lowest BCUT2D eigenvalue weighted by atomic mass is 9.97. The van der Waals surface area contributed by atoms with E-state index in [1.807, 2.05) is 0 Å². The van der Waals surface area contributed by atoms with E-state index in [0.29, 0.717) is 19.5 Å². The molecule has 1 aliphatic heterocycles. The highest BCUT2D eigenvalue weighted by Gasteiger charge is 2.28. The van der Waals surface area contributed by atoms with Crippen molar-refractivity contribution < 1.29 is 21.6 Å². The fourth-order valence-corrected chi connectivity index (χ4v) is 5.75. The second-order valence-corrected chi connectivity index (χ2v) is 11.1. The van der Waals surface area contributed by atoms with Gasteiger partial charge in [-0.15, -0.1) is 0 Å². The predicted octanol–water partition coefficient (Wildman–Crippen LogP) is -0.00700. The lowest BCUT2D eigenvalue weighted by Crippen LogP contribution is -2.42. The van der Waals surface area contributed by atoms with Crippen molar-refractivity contribution in [3.63, 3.8) is 0 Å². The molecule has 0 aromatic heterocycles. The lowest BCUT2D eigenvalue weighted by Gasteiger charge is -2.31. The summed E-state index contributed by atoms with van der Waals surface area (Å²) in [4.78, 5) is 13.5. The third kappa shape index (κ3) is 6.22. The molecule has 162 valence electrons. The quantitative estimate of drug-likeness (QED) is 0.434. The average molecular weight is 445 g/mol. The zero-order valence-electron chi connectivity index (χ0n) is 16.2. The molecule has 1 aliphatic carbocycles. The number of amides is 1. The SMILES string of the molecule is NC(=O)C1CCCN(CCCNS(=O)(=O)c2ccc(S(=O)(=O)NC3CC3)cc2)C1. The highest BCUT2D eigenvalue weighted by atomic mass is 32.2. The molecule has 1 atom stereocenters. The third-order valence-corrected chi connectivity index (χ3v) is 8.21. The van der Waals surface area contributed by atoms with Gasteiger partial charge in [-0.25, -0.2) is 26.3 Å². The Hall–Kier alpha value is -1.53. The minimum absolute atomic E-state index is 0.0109. The average Bonchev–Trinajstić information content (AvgIpc) is 3.49. The van der Waals surface area contributed by atoms with E-state index in [-0.39, 0.29) is 34.2 Å². The van der Waals surface area contributed by atoms with E-state index in [1.165, 1.54) is 24.3 Å². The minimum atomic E-state index is -3.72. The number of rotatable bonds is 10. The molecule has 29 heavy (non-hydrogen) atoms. The summed E-state index contributed by atoms with van der Waals surface area (Å²) in [5, 5.41) is 0. The van der Waals surface area contributed by atoms with Crippen LogP contribution in [0.5, 0.6) is 0 Å². The lowest BCUT2D eigenvalue weighted by molar-refractivity contribution is -0.123. The first-order valence-electron chi connectivity index (χ1n) is 9.81. The highest BCUT2D eigenvalue weighted by molar-refractivity contribution is 7.90. The highest BCUT2D eigenvalue weighted by Crippen LogP contribution is 2.23. The van der Waals surface area contributed by atoms with E-state index in [9.17, 15) is 21.6 Å². The van der Waals surface area contributed by atoms with E-state index >= 15 is 0 Å². The second kappa shape index (κ2) is 9.09. The van der Waals surface area contributed by atoms with Gasteiger partial charge in [-0.05, 0) is 69.5 Å². The van der Waals surface area contributed by atoms with Crippen molar-refractivity contribution in [1.82, 2.24) is 14.3 Å². The number of nitrogens with zero attached hydrogens (tertiary/aromatic N) is 1. The van der Waals surface area contributed by atoms with Crippen LogP contribution in [0.2, 0.25) is 0 Å². The van der Waals surface area contributed by atoms with Crippen LogP contribution in [-0.4, -0.2) is 59.9 Å². The molecule has 1 heterocycles. The summed E-state index contributed by atoms with van der Waals surface area (Å²) >= 11 is 0. The number of carbonyl (C=O) groups excluding carboxylic acids is 1. The normalized spacial score (nSPS) is 21.2. The number of carbonyl (C=O) groups is 1. The van der Waals surface area contributed by atoms with Crippen LogP contribution in [0.4, 0.5) is 0 Å². The molecule has 1 aromatic rings. The van der Waals surface area contributed by atoms with Gasteiger partial charge in [0.25, 0.3) is 0 Å². The molecule has 1 amide bonds. The Morgan fingerprint density at radius 3 is 2.24 bits per heavy atom. The largest absolute Gasteiger partial charge is 0.369 e. The summed E-state index contributed by atoms with van der Waals surface area (Å²) in [6.45, 7) is 2.42. The Morgan fingerprint density at radius 2 is 1.66 bits per heavy atom. The number of likely N-dealkylation sites (tertiary alicyclic amines) is 1. The fourth-order valence-electron chi connectivity index (χ4n) is 3.37. The van der Waals surface area contributed by atoms with E-state index in [1.54, 1.807) is 0 Å². The van der Waals surface area contributed by atoms with E-state index in [2.05, 4.69) is 14.3 Å². The number of piperidine rings is 1. The van der Waals surface area contributed by atoms with Gasteiger partial charge >= 0.3 is 0 Å². The van der Waals surface area contributed by atoms with Gasteiger partial charge in [-0.2, -0.15) is 0 Å². The van der Waals surface area contributed by atoms with Gasteiger partial charge in [0.05, 0.1) is 15.7 Å². The molecular formula is C18H28N4O5S2. The maximum atomic E-state index is 12.4.